The predicted molar refractivity (Wildman–Crippen MR) is 89.2 cm³/mol. The fraction of sp³-hybridized carbons (Fsp3) is 0.833. The lowest BCUT2D eigenvalue weighted by Gasteiger charge is -1.99. The zero-order valence-electron chi connectivity index (χ0n) is 14.0. The molecule has 0 unspecified atom stereocenters. The molecule has 20 heavy (non-hydrogen) atoms. The first-order chi connectivity index (χ1) is 9.65. The highest BCUT2D eigenvalue weighted by Gasteiger charge is 1.90. The Morgan fingerprint density at radius 1 is 0.750 bits per heavy atom. The van der Waals surface area contributed by atoms with E-state index in [0.29, 0.717) is 0 Å². The lowest BCUT2D eigenvalue weighted by Crippen LogP contribution is -1.80. The third kappa shape index (κ3) is 30.3. The molecule has 0 amide bonds. The Morgan fingerprint density at radius 3 is 1.55 bits per heavy atom. The van der Waals surface area contributed by atoms with Crippen LogP contribution in [0.1, 0.15) is 97.8 Å². The third-order valence-electron chi connectivity index (χ3n) is 3.12. The van der Waals surface area contributed by atoms with Crippen LogP contribution in [0, 0.1) is 0 Å². The van der Waals surface area contributed by atoms with Crippen molar-refractivity contribution < 1.29 is 9.90 Å². The number of rotatable bonds is 12. The molecular weight excluding hydrogens is 248 g/mol. The van der Waals surface area contributed by atoms with Crippen LogP contribution >= 0.6 is 0 Å². The average molecular weight is 284 g/mol. The maximum absolute atomic E-state index is 9.00. The molecule has 0 fully saturated rings. The molecule has 0 rings (SSSR count). The summed E-state index contributed by atoms with van der Waals surface area (Å²) in [5.41, 5.74) is 0. The smallest absolute Gasteiger partial charge is 0.300 e. The lowest BCUT2D eigenvalue weighted by atomic mass is 10.1. The van der Waals surface area contributed by atoms with E-state index in [1.54, 1.807) is 0 Å². The lowest BCUT2D eigenvalue weighted by molar-refractivity contribution is -0.134. The normalized spacial score (nSPS) is 10.3. The molecule has 120 valence electrons. The molecule has 0 aliphatic carbocycles. The minimum Gasteiger partial charge on any atom is -0.481 e. The highest BCUT2D eigenvalue weighted by Crippen LogP contribution is 2.09. The minimum atomic E-state index is -0.833. The van der Waals surface area contributed by atoms with E-state index in [-0.39, 0.29) is 0 Å². The van der Waals surface area contributed by atoms with Crippen LogP contribution in [0.15, 0.2) is 12.2 Å². The van der Waals surface area contributed by atoms with Gasteiger partial charge in [-0.3, -0.25) is 4.79 Å². The van der Waals surface area contributed by atoms with Gasteiger partial charge in [0.15, 0.2) is 0 Å². The molecule has 0 spiro atoms. The maximum atomic E-state index is 9.00. The highest BCUT2D eigenvalue weighted by atomic mass is 16.4. The summed E-state index contributed by atoms with van der Waals surface area (Å²) in [4.78, 5) is 9.00. The van der Waals surface area contributed by atoms with Crippen LogP contribution in [0.2, 0.25) is 0 Å². The third-order valence-corrected chi connectivity index (χ3v) is 3.12. The molecule has 0 heterocycles. The van der Waals surface area contributed by atoms with E-state index in [2.05, 4.69) is 26.0 Å². The fourth-order valence-corrected chi connectivity index (χ4v) is 1.95. The first kappa shape index (κ1) is 21.5. The van der Waals surface area contributed by atoms with Crippen LogP contribution < -0.4 is 0 Å². The maximum Gasteiger partial charge on any atom is 0.300 e. The van der Waals surface area contributed by atoms with Crippen molar-refractivity contribution in [3.05, 3.63) is 12.2 Å². The van der Waals surface area contributed by atoms with Crippen molar-refractivity contribution in [1.82, 2.24) is 0 Å². The van der Waals surface area contributed by atoms with E-state index in [1.807, 2.05) is 0 Å². The van der Waals surface area contributed by atoms with Crippen molar-refractivity contribution in [2.24, 2.45) is 0 Å². The Balaban J connectivity index is 0. The number of carboxylic acids is 1. The second kappa shape index (κ2) is 20.5. The van der Waals surface area contributed by atoms with Crippen LogP contribution in [-0.4, -0.2) is 11.1 Å². The Labute approximate surface area is 126 Å². The van der Waals surface area contributed by atoms with Crippen LogP contribution in [0.25, 0.3) is 0 Å². The summed E-state index contributed by atoms with van der Waals surface area (Å²) in [5, 5.41) is 7.42. The Kier molecular flexibility index (Phi) is 22.1. The van der Waals surface area contributed by atoms with Gasteiger partial charge in [0, 0.05) is 6.92 Å². The number of hydrogen-bond acceptors (Lipinski definition) is 1. The summed E-state index contributed by atoms with van der Waals surface area (Å²) >= 11 is 0. The van der Waals surface area contributed by atoms with Gasteiger partial charge < -0.3 is 5.11 Å². The summed E-state index contributed by atoms with van der Waals surface area (Å²) in [6, 6.07) is 0. The van der Waals surface area contributed by atoms with Crippen molar-refractivity contribution >= 4 is 5.97 Å². The van der Waals surface area contributed by atoms with Gasteiger partial charge in [-0.25, -0.2) is 0 Å². The standard InChI is InChI=1S/C16H32.C2H4O2/c1-3-5-7-9-11-13-15-16-14-12-10-8-6-4-2;1-2(3)4/h9,11H,3-8,10,12-16H2,1-2H3;1H3,(H,3,4)/b11-9+;. The zero-order chi connectivity index (χ0) is 15.5. The fourth-order valence-electron chi connectivity index (χ4n) is 1.95. The average Bonchev–Trinajstić information content (AvgIpc) is 2.39. The molecule has 2 heteroatoms. The van der Waals surface area contributed by atoms with Crippen LogP contribution in [-0.2, 0) is 4.79 Å². The SMILES string of the molecule is CC(=O)O.CCCC/C=C/CCCCCCCCCC. The molecule has 2 nitrogen and oxygen atoms in total. The van der Waals surface area contributed by atoms with Crippen molar-refractivity contribution in [3.8, 4) is 0 Å². The number of allylic oxidation sites excluding steroid dienone is 2. The number of hydrogen-bond donors (Lipinski definition) is 1. The summed E-state index contributed by atoms with van der Waals surface area (Å²) < 4.78 is 0. The molecule has 0 bridgehead atoms. The number of carboxylic acid groups (broad SMARTS) is 1. The quantitative estimate of drug-likeness (QED) is 0.334. The second-order valence-corrected chi connectivity index (χ2v) is 5.40. The molecule has 0 aliphatic rings. The van der Waals surface area contributed by atoms with Gasteiger partial charge in [0.1, 0.15) is 0 Å². The largest absolute Gasteiger partial charge is 0.481 e. The van der Waals surface area contributed by atoms with Gasteiger partial charge in [0.25, 0.3) is 5.97 Å². The van der Waals surface area contributed by atoms with E-state index in [9.17, 15) is 0 Å². The number of carbonyl (C=O) groups is 1. The van der Waals surface area contributed by atoms with Crippen molar-refractivity contribution in [3.63, 3.8) is 0 Å². The Hall–Kier alpha value is -0.790. The number of aliphatic carboxylic acids is 1. The molecule has 0 aliphatic heterocycles. The van der Waals surface area contributed by atoms with E-state index < -0.39 is 5.97 Å². The van der Waals surface area contributed by atoms with Gasteiger partial charge in [0.05, 0.1) is 0 Å². The first-order valence-electron chi connectivity index (χ1n) is 8.49. The van der Waals surface area contributed by atoms with Gasteiger partial charge in [-0.15, -0.1) is 0 Å². The molecule has 0 aromatic rings. The van der Waals surface area contributed by atoms with Crippen molar-refractivity contribution in [2.45, 2.75) is 97.8 Å². The molecule has 0 saturated heterocycles. The first-order valence-corrected chi connectivity index (χ1v) is 8.49. The van der Waals surface area contributed by atoms with Gasteiger partial charge in [-0.05, 0) is 19.3 Å². The van der Waals surface area contributed by atoms with E-state index in [0.717, 1.165) is 6.92 Å². The molecule has 0 aromatic heterocycles. The van der Waals surface area contributed by atoms with Crippen molar-refractivity contribution in [1.29, 1.82) is 0 Å². The van der Waals surface area contributed by atoms with E-state index >= 15 is 0 Å². The van der Waals surface area contributed by atoms with E-state index in [4.69, 9.17) is 9.90 Å². The molecule has 0 atom stereocenters. The molecule has 0 saturated carbocycles. The summed E-state index contributed by atoms with van der Waals surface area (Å²) in [7, 11) is 0. The van der Waals surface area contributed by atoms with Gasteiger partial charge in [-0.2, -0.15) is 0 Å². The predicted octanol–water partition coefficient (Wildman–Crippen LogP) is 6.35. The summed E-state index contributed by atoms with van der Waals surface area (Å²) in [6.07, 6.45) is 21.5. The van der Waals surface area contributed by atoms with Gasteiger partial charge in [-0.1, -0.05) is 83.8 Å². The van der Waals surface area contributed by atoms with Crippen LogP contribution in [0.3, 0.4) is 0 Å². The summed E-state index contributed by atoms with van der Waals surface area (Å²) in [5.74, 6) is -0.833. The highest BCUT2D eigenvalue weighted by molar-refractivity contribution is 5.62. The van der Waals surface area contributed by atoms with Gasteiger partial charge >= 0.3 is 0 Å². The molecule has 1 N–H and O–H groups in total. The topological polar surface area (TPSA) is 37.3 Å². The minimum absolute atomic E-state index is 0.833. The van der Waals surface area contributed by atoms with E-state index in [1.165, 1.54) is 77.0 Å². The Morgan fingerprint density at radius 2 is 1.10 bits per heavy atom. The molecular formula is C18H36O2. The second-order valence-electron chi connectivity index (χ2n) is 5.40. The monoisotopic (exact) mass is 284 g/mol. The molecule has 0 aromatic carbocycles. The van der Waals surface area contributed by atoms with Crippen molar-refractivity contribution in [2.75, 3.05) is 0 Å². The summed E-state index contributed by atoms with van der Waals surface area (Å²) in [6.45, 7) is 5.62. The number of unbranched alkanes of at least 4 members (excludes halogenated alkanes) is 10. The molecule has 0 radical (unpaired) electrons. The zero-order valence-corrected chi connectivity index (χ0v) is 14.0. The Bertz CT molecular complexity index is 205. The van der Waals surface area contributed by atoms with Gasteiger partial charge in [0.2, 0.25) is 0 Å². The van der Waals surface area contributed by atoms with Crippen LogP contribution in [0.5, 0.6) is 0 Å². The van der Waals surface area contributed by atoms with Crippen LogP contribution in [0.4, 0.5) is 0 Å².